The van der Waals surface area contributed by atoms with Crippen LogP contribution in [-0.2, 0) is 0 Å². The van der Waals surface area contributed by atoms with Crippen LogP contribution in [0.2, 0.25) is 0 Å². The van der Waals surface area contributed by atoms with Crippen LogP contribution in [0.5, 0.6) is 5.75 Å². The van der Waals surface area contributed by atoms with Gasteiger partial charge in [0.1, 0.15) is 11.6 Å². The highest BCUT2D eigenvalue weighted by molar-refractivity contribution is 6.18. The van der Waals surface area contributed by atoms with Crippen molar-refractivity contribution < 1.29 is 5.11 Å². The topological polar surface area (TPSA) is 45.2 Å². The number of aromatic nitrogens is 1. The maximum absolute atomic E-state index is 9.68. The second-order valence-electron chi connectivity index (χ2n) is 5.90. The van der Waals surface area contributed by atoms with Gasteiger partial charge in [-0.2, -0.15) is 0 Å². The summed E-state index contributed by atoms with van der Waals surface area (Å²) in [6.07, 6.45) is 6.87. The highest BCUT2D eigenvalue weighted by Crippen LogP contribution is 2.32. The van der Waals surface area contributed by atoms with E-state index < -0.39 is 0 Å². The lowest BCUT2D eigenvalue weighted by Crippen LogP contribution is -2.27. The van der Waals surface area contributed by atoms with Gasteiger partial charge in [0.2, 0.25) is 0 Å². The Morgan fingerprint density at radius 2 is 2.00 bits per heavy atom. The summed E-state index contributed by atoms with van der Waals surface area (Å²) in [6.45, 7) is 0.902. The minimum atomic E-state index is 0.273. The molecule has 0 amide bonds. The molecule has 4 heteroatoms. The van der Waals surface area contributed by atoms with E-state index in [1.807, 2.05) is 18.3 Å². The fourth-order valence-electron chi connectivity index (χ4n) is 3.28. The van der Waals surface area contributed by atoms with Crippen LogP contribution in [0.4, 0.5) is 5.82 Å². The molecule has 1 aromatic carbocycles. The molecule has 0 radical (unpaired) electrons. The minimum Gasteiger partial charge on any atom is -0.508 e. The standard InChI is InChI=1S/C17H21ClN2O/c18-10-13-3-1-2-4-14(13)11-20-17-16-9-15(21)6-5-12(16)7-8-19-17/h5-9,13-14,21H,1-4,10-11H2,(H,19,20). The van der Waals surface area contributed by atoms with Crippen LogP contribution in [0.3, 0.4) is 0 Å². The molecule has 2 atom stereocenters. The van der Waals surface area contributed by atoms with Crippen molar-refractivity contribution in [2.75, 3.05) is 17.7 Å². The summed E-state index contributed by atoms with van der Waals surface area (Å²) in [6, 6.07) is 7.35. The van der Waals surface area contributed by atoms with Gasteiger partial charge in [-0.25, -0.2) is 4.98 Å². The van der Waals surface area contributed by atoms with Crippen molar-refractivity contribution in [3.8, 4) is 5.75 Å². The number of aromatic hydroxyl groups is 1. The molecule has 0 saturated heterocycles. The molecule has 2 N–H and O–H groups in total. The Balaban J connectivity index is 1.77. The van der Waals surface area contributed by atoms with Crippen molar-refractivity contribution in [3.05, 3.63) is 30.5 Å². The average molecular weight is 305 g/mol. The zero-order valence-corrected chi connectivity index (χ0v) is 12.8. The van der Waals surface area contributed by atoms with Crippen molar-refractivity contribution in [1.82, 2.24) is 4.98 Å². The van der Waals surface area contributed by atoms with Crippen LogP contribution in [0.1, 0.15) is 25.7 Å². The molecule has 2 aromatic rings. The van der Waals surface area contributed by atoms with Crippen LogP contribution in [-0.4, -0.2) is 22.5 Å². The summed E-state index contributed by atoms with van der Waals surface area (Å²) in [7, 11) is 0. The molecule has 1 aliphatic carbocycles. The molecule has 1 aromatic heterocycles. The third kappa shape index (κ3) is 3.24. The smallest absolute Gasteiger partial charge is 0.133 e. The van der Waals surface area contributed by atoms with Gasteiger partial charge >= 0.3 is 0 Å². The molecule has 0 bridgehead atoms. The van der Waals surface area contributed by atoms with Gasteiger partial charge in [0.05, 0.1) is 0 Å². The van der Waals surface area contributed by atoms with Gasteiger partial charge < -0.3 is 10.4 Å². The number of phenols is 1. The molecule has 3 nitrogen and oxygen atoms in total. The number of hydrogen-bond donors (Lipinski definition) is 2. The Bertz CT molecular complexity index is 617. The summed E-state index contributed by atoms with van der Waals surface area (Å²) in [5, 5.41) is 15.2. The van der Waals surface area contributed by atoms with Gasteiger partial charge in [-0.15, -0.1) is 11.6 Å². The fourth-order valence-corrected chi connectivity index (χ4v) is 3.69. The van der Waals surface area contributed by atoms with Gasteiger partial charge in [0, 0.05) is 24.0 Å². The van der Waals surface area contributed by atoms with Crippen molar-refractivity contribution in [2.45, 2.75) is 25.7 Å². The van der Waals surface area contributed by atoms with E-state index in [4.69, 9.17) is 11.6 Å². The van der Waals surface area contributed by atoms with Crippen LogP contribution in [0, 0.1) is 11.8 Å². The first kappa shape index (κ1) is 14.5. The molecule has 21 heavy (non-hydrogen) atoms. The zero-order valence-electron chi connectivity index (χ0n) is 12.1. The molecule has 1 fully saturated rings. The van der Waals surface area contributed by atoms with Crippen molar-refractivity contribution >= 4 is 28.2 Å². The molecule has 1 aliphatic rings. The third-order valence-corrected chi connectivity index (χ3v) is 4.94. The van der Waals surface area contributed by atoms with Crippen LogP contribution in [0.15, 0.2) is 30.5 Å². The molecule has 112 valence electrons. The van der Waals surface area contributed by atoms with Crippen molar-refractivity contribution in [2.24, 2.45) is 11.8 Å². The van der Waals surface area contributed by atoms with Gasteiger partial charge in [0.25, 0.3) is 0 Å². The maximum atomic E-state index is 9.68. The van der Waals surface area contributed by atoms with E-state index in [2.05, 4.69) is 10.3 Å². The second-order valence-corrected chi connectivity index (χ2v) is 6.21. The fraction of sp³-hybridized carbons (Fsp3) is 0.471. The SMILES string of the molecule is Oc1ccc2ccnc(NCC3CCCCC3CCl)c2c1. The van der Waals surface area contributed by atoms with Gasteiger partial charge in [-0.3, -0.25) is 0 Å². The van der Waals surface area contributed by atoms with E-state index in [9.17, 15) is 5.11 Å². The first-order valence-corrected chi connectivity index (χ1v) is 8.19. The van der Waals surface area contributed by atoms with Crippen LogP contribution in [0.25, 0.3) is 10.8 Å². The van der Waals surface area contributed by atoms with E-state index in [-0.39, 0.29) is 5.75 Å². The first-order valence-electron chi connectivity index (χ1n) is 7.65. The molecule has 3 rings (SSSR count). The quantitative estimate of drug-likeness (QED) is 0.823. The highest BCUT2D eigenvalue weighted by atomic mass is 35.5. The van der Waals surface area contributed by atoms with Crippen molar-refractivity contribution in [3.63, 3.8) is 0 Å². The lowest BCUT2D eigenvalue weighted by molar-refractivity contribution is 0.272. The Morgan fingerprint density at radius 1 is 1.19 bits per heavy atom. The van der Waals surface area contributed by atoms with Gasteiger partial charge in [-0.05, 0) is 48.3 Å². The predicted octanol–water partition coefficient (Wildman–Crippen LogP) is 4.40. The first-order chi connectivity index (χ1) is 10.3. The number of phenolic OH excluding ortho intramolecular Hbond substituents is 1. The van der Waals surface area contributed by atoms with E-state index in [0.717, 1.165) is 29.0 Å². The Hall–Kier alpha value is -1.48. The van der Waals surface area contributed by atoms with Crippen LogP contribution >= 0.6 is 11.6 Å². The third-order valence-electron chi connectivity index (χ3n) is 4.55. The number of halogens is 1. The number of fused-ring (bicyclic) bond motifs is 1. The number of benzene rings is 1. The summed E-state index contributed by atoms with van der Waals surface area (Å²) >= 11 is 6.10. The lowest BCUT2D eigenvalue weighted by atomic mass is 9.80. The number of rotatable bonds is 4. The molecule has 1 saturated carbocycles. The van der Waals surface area contributed by atoms with Crippen molar-refractivity contribution in [1.29, 1.82) is 0 Å². The average Bonchev–Trinajstić information content (AvgIpc) is 2.53. The number of pyridine rings is 1. The lowest BCUT2D eigenvalue weighted by Gasteiger charge is -2.30. The molecular weight excluding hydrogens is 284 g/mol. The second kappa shape index (κ2) is 6.52. The predicted molar refractivity (Wildman–Crippen MR) is 88.1 cm³/mol. The van der Waals surface area contributed by atoms with E-state index >= 15 is 0 Å². The summed E-state index contributed by atoms with van der Waals surface area (Å²) in [5.74, 6) is 3.09. The summed E-state index contributed by atoms with van der Waals surface area (Å²) in [4.78, 5) is 4.43. The normalized spacial score (nSPS) is 22.3. The monoisotopic (exact) mass is 304 g/mol. The van der Waals surface area contributed by atoms with Crippen LogP contribution < -0.4 is 5.32 Å². The maximum Gasteiger partial charge on any atom is 0.133 e. The Labute approximate surface area is 130 Å². The molecular formula is C17H21ClN2O. The molecule has 1 heterocycles. The number of nitrogens with one attached hydrogen (secondary N) is 1. The molecule has 0 aliphatic heterocycles. The molecule has 2 unspecified atom stereocenters. The number of nitrogens with zero attached hydrogens (tertiary/aromatic N) is 1. The van der Waals surface area contributed by atoms with Gasteiger partial charge in [0.15, 0.2) is 0 Å². The Morgan fingerprint density at radius 3 is 2.81 bits per heavy atom. The number of alkyl halides is 1. The number of hydrogen-bond acceptors (Lipinski definition) is 3. The highest BCUT2D eigenvalue weighted by Gasteiger charge is 2.24. The minimum absolute atomic E-state index is 0.273. The Kier molecular flexibility index (Phi) is 4.49. The largest absolute Gasteiger partial charge is 0.508 e. The number of anilines is 1. The van der Waals surface area contributed by atoms with E-state index in [0.29, 0.717) is 11.8 Å². The zero-order chi connectivity index (χ0) is 14.7. The summed E-state index contributed by atoms with van der Waals surface area (Å²) in [5.41, 5.74) is 0. The molecule has 0 spiro atoms. The van der Waals surface area contributed by atoms with E-state index in [1.54, 1.807) is 12.1 Å². The van der Waals surface area contributed by atoms with E-state index in [1.165, 1.54) is 25.7 Å². The van der Waals surface area contributed by atoms with Gasteiger partial charge in [-0.1, -0.05) is 18.9 Å². The summed E-state index contributed by atoms with van der Waals surface area (Å²) < 4.78 is 0.